The van der Waals surface area contributed by atoms with Crippen LogP contribution in [0.4, 0.5) is 0 Å². The number of carbonyl (C=O) groups excluding carboxylic acids is 1. The molecule has 0 spiro atoms. The molecule has 0 atom stereocenters. The number of benzene rings is 1. The van der Waals surface area contributed by atoms with Gasteiger partial charge in [0.2, 0.25) is 0 Å². The van der Waals surface area contributed by atoms with Crippen molar-refractivity contribution in [1.82, 2.24) is 10.2 Å². The lowest BCUT2D eigenvalue weighted by molar-refractivity contribution is 0.0973. The molecule has 0 bridgehead atoms. The summed E-state index contributed by atoms with van der Waals surface area (Å²) in [6.07, 6.45) is 4.40. The van der Waals surface area contributed by atoms with Crippen molar-refractivity contribution in [1.29, 1.82) is 0 Å². The first-order valence-corrected chi connectivity index (χ1v) is 9.41. The van der Waals surface area contributed by atoms with Gasteiger partial charge in [-0.3, -0.25) is 10.1 Å². The van der Waals surface area contributed by atoms with E-state index in [-0.39, 0.29) is 11.3 Å². The Bertz CT molecular complexity index is 524. The molecule has 0 saturated heterocycles. The van der Waals surface area contributed by atoms with E-state index < -0.39 is 0 Å². The lowest BCUT2D eigenvalue weighted by atomic mass is 9.87. The molecule has 0 saturated carbocycles. The first kappa shape index (κ1) is 20.6. The van der Waals surface area contributed by atoms with E-state index >= 15 is 0 Å². The van der Waals surface area contributed by atoms with Gasteiger partial charge in [0.1, 0.15) is 0 Å². The summed E-state index contributed by atoms with van der Waals surface area (Å²) < 4.78 is 0. The molecule has 0 unspecified atom stereocenters. The Hall–Kier alpha value is -1.42. The zero-order chi connectivity index (χ0) is 18.2. The van der Waals surface area contributed by atoms with Gasteiger partial charge < -0.3 is 4.90 Å². The lowest BCUT2D eigenvalue weighted by Crippen LogP contribution is -2.43. The van der Waals surface area contributed by atoms with Crippen molar-refractivity contribution in [2.45, 2.75) is 65.7 Å². The molecule has 1 N–H and O–H groups in total. The molecule has 0 aromatic heterocycles. The summed E-state index contributed by atoms with van der Waals surface area (Å²) in [6, 6.07) is 7.79. The first-order valence-electron chi connectivity index (χ1n) is 9.00. The summed E-state index contributed by atoms with van der Waals surface area (Å²) in [5.74, 6) is -0.126. The van der Waals surface area contributed by atoms with Crippen LogP contribution < -0.4 is 5.32 Å². The van der Waals surface area contributed by atoms with Gasteiger partial charge in [-0.2, -0.15) is 0 Å². The summed E-state index contributed by atoms with van der Waals surface area (Å²) in [5.41, 5.74) is 1.95. The van der Waals surface area contributed by atoms with Crippen molar-refractivity contribution >= 4 is 23.2 Å². The molecule has 0 aliphatic heterocycles. The molecule has 134 valence electrons. The van der Waals surface area contributed by atoms with Crippen LogP contribution in [0.15, 0.2) is 24.3 Å². The summed E-state index contributed by atoms with van der Waals surface area (Å²) in [6.45, 7) is 12.6. The maximum atomic E-state index is 12.4. The van der Waals surface area contributed by atoms with Gasteiger partial charge in [0.25, 0.3) is 5.91 Å². The van der Waals surface area contributed by atoms with E-state index in [2.05, 4.69) is 44.8 Å². The number of nitrogens with zero attached hydrogens (tertiary/aromatic N) is 1. The van der Waals surface area contributed by atoms with Gasteiger partial charge in [0.15, 0.2) is 5.11 Å². The first-order chi connectivity index (χ1) is 11.3. The maximum absolute atomic E-state index is 12.4. The third kappa shape index (κ3) is 6.60. The van der Waals surface area contributed by atoms with Crippen LogP contribution in [-0.4, -0.2) is 29.0 Å². The third-order valence-corrected chi connectivity index (χ3v) is 4.44. The van der Waals surface area contributed by atoms with Crippen LogP contribution in [0, 0.1) is 0 Å². The molecule has 4 heteroatoms. The Morgan fingerprint density at radius 3 is 1.96 bits per heavy atom. The standard InChI is InChI=1S/C20H32N2OS/c1-6-8-14-22(15-9-7-2)19(24)21-18(23)16-10-12-17(13-11-16)20(3,4)5/h10-13H,6-9,14-15H2,1-5H3,(H,21,23,24). The van der Waals surface area contributed by atoms with Crippen LogP contribution in [-0.2, 0) is 5.41 Å². The monoisotopic (exact) mass is 348 g/mol. The summed E-state index contributed by atoms with van der Waals surface area (Å²) in [5, 5.41) is 3.43. The highest BCUT2D eigenvalue weighted by Crippen LogP contribution is 2.22. The number of amides is 1. The van der Waals surface area contributed by atoms with Crippen LogP contribution >= 0.6 is 12.2 Å². The van der Waals surface area contributed by atoms with Gasteiger partial charge in [0, 0.05) is 18.7 Å². The highest BCUT2D eigenvalue weighted by molar-refractivity contribution is 7.80. The van der Waals surface area contributed by atoms with E-state index in [9.17, 15) is 4.79 Å². The van der Waals surface area contributed by atoms with Gasteiger partial charge in [-0.25, -0.2) is 0 Å². The molecule has 1 aromatic rings. The molecule has 3 nitrogen and oxygen atoms in total. The molecule has 0 aliphatic carbocycles. The van der Waals surface area contributed by atoms with Crippen molar-refractivity contribution < 1.29 is 4.79 Å². The van der Waals surface area contributed by atoms with E-state index in [4.69, 9.17) is 12.2 Å². The van der Waals surface area contributed by atoms with Crippen molar-refractivity contribution in [2.75, 3.05) is 13.1 Å². The van der Waals surface area contributed by atoms with E-state index in [1.54, 1.807) is 0 Å². The zero-order valence-electron chi connectivity index (χ0n) is 15.8. The van der Waals surface area contributed by atoms with Crippen molar-refractivity contribution in [3.05, 3.63) is 35.4 Å². The van der Waals surface area contributed by atoms with Crippen LogP contribution in [0.3, 0.4) is 0 Å². The second-order valence-corrected chi connectivity index (χ2v) is 7.67. The van der Waals surface area contributed by atoms with Crippen LogP contribution in [0.5, 0.6) is 0 Å². The van der Waals surface area contributed by atoms with Gasteiger partial charge in [-0.1, -0.05) is 59.6 Å². The molecule has 0 fully saturated rings. The zero-order valence-corrected chi connectivity index (χ0v) is 16.6. The lowest BCUT2D eigenvalue weighted by Gasteiger charge is -2.25. The molecule has 0 radical (unpaired) electrons. The van der Waals surface area contributed by atoms with Crippen molar-refractivity contribution in [2.24, 2.45) is 0 Å². The van der Waals surface area contributed by atoms with E-state index in [1.165, 1.54) is 5.56 Å². The van der Waals surface area contributed by atoms with E-state index in [0.717, 1.165) is 38.8 Å². The fourth-order valence-electron chi connectivity index (χ4n) is 2.38. The van der Waals surface area contributed by atoms with Crippen LogP contribution in [0.25, 0.3) is 0 Å². The second kappa shape index (κ2) is 9.77. The maximum Gasteiger partial charge on any atom is 0.257 e. The van der Waals surface area contributed by atoms with Crippen molar-refractivity contribution in [3.63, 3.8) is 0 Å². The quantitative estimate of drug-likeness (QED) is 0.711. The van der Waals surface area contributed by atoms with E-state index in [0.29, 0.717) is 10.7 Å². The number of hydrogen-bond donors (Lipinski definition) is 1. The van der Waals surface area contributed by atoms with Gasteiger partial charge in [-0.15, -0.1) is 0 Å². The second-order valence-electron chi connectivity index (χ2n) is 7.28. The largest absolute Gasteiger partial charge is 0.349 e. The number of nitrogens with one attached hydrogen (secondary N) is 1. The molecule has 1 aromatic carbocycles. The smallest absolute Gasteiger partial charge is 0.257 e. The molecule has 1 rings (SSSR count). The molecule has 0 aliphatic rings. The topological polar surface area (TPSA) is 32.3 Å². The third-order valence-electron chi connectivity index (χ3n) is 4.08. The summed E-state index contributed by atoms with van der Waals surface area (Å²) >= 11 is 5.46. The fraction of sp³-hybridized carbons (Fsp3) is 0.600. The predicted molar refractivity (Wildman–Crippen MR) is 107 cm³/mol. The highest BCUT2D eigenvalue weighted by atomic mass is 32.1. The number of unbranched alkanes of at least 4 members (excludes halogenated alkanes) is 2. The minimum atomic E-state index is -0.126. The average molecular weight is 349 g/mol. The minimum absolute atomic E-state index is 0.0847. The summed E-state index contributed by atoms with van der Waals surface area (Å²) in [7, 11) is 0. The number of hydrogen-bond acceptors (Lipinski definition) is 2. The van der Waals surface area contributed by atoms with Gasteiger partial charge in [-0.05, 0) is 48.2 Å². The Kier molecular flexibility index (Phi) is 8.40. The van der Waals surface area contributed by atoms with Crippen LogP contribution in [0.1, 0.15) is 76.2 Å². The number of rotatable bonds is 7. The summed E-state index contributed by atoms with van der Waals surface area (Å²) in [4.78, 5) is 14.6. The predicted octanol–water partition coefficient (Wildman–Crippen LogP) is 4.90. The van der Waals surface area contributed by atoms with E-state index in [1.807, 2.05) is 24.3 Å². The normalized spacial score (nSPS) is 11.2. The molecule has 24 heavy (non-hydrogen) atoms. The number of carbonyl (C=O) groups is 1. The Labute approximate surface area is 152 Å². The van der Waals surface area contributed by atoms with Crippen molar-refractivity contribution in [3.8, 4) is 0 Å². The minimum Gasteiger partial charge on any atom is -0.349 e. The molecule has 1 amide bonds. The van der Waals surface area contributed by atoms with Gasteiger partial charge in [0.05, 0.1) is 0 Å². The Morgan fingerprint density at radius 2 is 1.54 bits per heavy atom. The Morgan fingerprint density at radius 1 is 1.04 bits per heavy atom. The van der Waals surface area contributed by atoms with Crippen LogP contribution in [0.2, 0.25) is 0 Å². The number of thiocarbonyl (C=S) groups is 1. The molecule has 0 heterocycles. The highest BCUT2D eigenvalue weighted by Gasteiger charge is 2.16. The fourth-order valence-corrected chi connectivity index (χ4v) is 2.66. The molecular weight excluding hydrogens is 316 g/mol. The Balaban J connectivity index is 2.71. The average Bonchev–Trinajstić information content (AvgIpc) is 2.54. The SMILES string of the molecule is CCCCN(CCCC)C(=S)NC(=O)c1ccc(C(C)(C)C)cc1. The molecular formula is C20H32N2OS. The van der Waals surface area contributed by atoms with Gasteiger partial charge >= 0.3 is 0 Å².